The molecule has 0 bridgehead atoms. The van der Waals surface area contributed by atoms with Gasteiger partial charge in [0.2, 0.25) is 0 Å². The summed E-state index contributed by atoms with van der Waals surface area (Å²) in [5.74, 6) is -0.831. The number of hydrogen-bond acceptors (Lipinski definition) is 3. The lowest BCUT2D eigenvalue weighted by atomic mass is 10.2. The SMILES string of the molecule is Cc1cc(C(=O)OCC(=O)NCc2ccc(Cl)cc2)c(C)n1C(C)C. The third-order valence-electron chi connectivity index (χ3n) is 3.96. The van der Waals surface area contributed by atoms with Crippen LogP contribution in [0.1, 0.15) is 47.2 Å². The molecule has 2 rings (SSSR count). The van der Waals surface area contributed by atoms with Gasteiger partial charge >= 0.3 is 5.97 Å². The average molecular weight is 363 g/mol. The summed E-state index contributed by atoms with van der Waals surface area (Å²) in [5, 5.41) is 3.35. The van der Waals surface area contributed by atoms with Gasteiger partial charge in [-0.25, -0.2) is 4.79 Å². The first-order valence-electron chi connectivity index (χ1n) is 8.16. The summed E-state index contributed by atoms with van der Waals surface area (Å²) in [7, 11) is 0. The summed E-state index contributed by atoms with van der Waals surface area (Å²) in [6.07, 6.45) is 0. The number of aryl methyl sites for hydroxylation is 1. The molecule has 0 unspecified atom stereocenters. The number of nitrogens with zero attached hydrogens (tertiary/aromatic N) is 1. The van der Waals surface area contributed by atoms with Crippen molar-refractivity contribution < 1.29 is 14.3 Å². The van der Waals surface area contributed by atoms with E-state index in [0.29, 0.717) is 17.1 Å². The van der Waals surface area contributed by atoms with E-state index < -0.39 is 5.97 Å². The molecule has 0 aliphatic rings. The summed E-state index contributed by atoms with van der Waals surface area (Å²) in [6.45, 7) is 7.98. The topological polar surface area (TPSA) is 60.3 Å². The third-order valence-corrected chi connectivity index (χ3v) is 4.21. The van der Waals surface area contributed by atoms with E-state index in [2.05, 4.69) is 23.7 Å². The van der Waals surface area contributed by atoms with Gasteiger partial charge in [0.25, 0.3) is 5.91 Å². The minimum absolute atomic E-state index is 0.254. The number of carbonyl (C=O) groups excluding carboxylic acids is 2. The van der Waals surface area contributed by atoms with Gasteiger partial charge in [-0.15, -0.1) is 0 Å². The normalized spacial score (nSPS) is 10.8. The molecular formula is C19H23ClN2O3. The molecule has 1 aromatic heterocycles. The first-order chi connectivity index (χ1) is 11.8. The van der Waals surface area contributed by atoms with Gasteiger partial charge in [-0.05, 0) is 51.5 Å². The molecule has 2 aromatic rings. The van der Waals surface area contributed by atoms with Gasteiger partial charge in [0.1, 0.15) is 0 Å². The number of benzene rings is 1. The highest BCUT2D eigenvalue weighted by Gasteiger charge is 2.19. The second-order valence-corrected chi connectivity index (χ2v) is 6.66. The van der Waals surface area contributed by atoms with Gasteiger partial charge in [-0.2, -0.15) is 0 Å². The molecule has 1 N–H and O–H groups in total. The maximum Gasteiger partial charge on any atom is 0.340 e. The van der Waals surface area contributed by atoms with Crippen LogP contribution in [0.3, 0.4) is 0 Å². The van der Waals surface area contributed by atoms with E-state index in [0.717, 1.165) is 17.0 Å². The Kier molecular flexibility index (Phi) is 6.26. The van der Waals surface area contributed by atoms with Gasteiger partial charge in [0, 0.05) is 29.0 Å². The molecule has 1 heterocycles. The van der Waals surface area contributed by atoms with Crippen molar-refractivity contribution in [1.82, 2.24) is 9.88 Å². The van der Waals surface area contributed by atoms with Gasteiger partial charge in [0.05, 0.1) is 5.56 Å². The fourth-order valence-corrected chi connectivity index (χ4v) is 2.97. The van der Waals surface area contributed by atoms with Crippen LogP contribution < -0.4 is 5.32 Å². The summed E-state index contributed by atoms with van der Waals surface area (Å²) in [4.78, 5) is 24.1. The summed E-state index contributed by atoms with van der Waals surface area (Å²) >= 11 is 5.82. The average Bonchev–Trinajstić information content (AvgIpc) is 2.86. The lowest BCUT2D eigenvalue weighted by Crippen LogP contribution is -2.28. The Hall–Kier alpha value is -2.27. The first-order valence-corrected chi connectivity index (χ1v) is 8.54. The monoisotopic (exact) mass is 362 g/mol. The lowest BCUT2D eigenvalue weighted by Gasteiger charge is -2.13. The molecule has 0 radical (unpaired) electrons. The van der Waals surface area contributed by atoms with Gasteiger partial charge in [-0.1, -0.05) is 23.7 Å². The summed E-state index contributed by atoms with van der Waals surface area (Å²) in [5.41, 5.74) is 3.26. The van der Waals surface area contributed by atoms with Crippen molar-refractivity contribution >= 4 is 23.5 Å². The van der Waals surface area contributed by atoms with Crippen LogP contribution in [0.15, 0.2) is 30.3 Å². The highest BCUT2D eigenvalue weighted by molar-refractivity contribution is 6.30. The second-order valence-electron chi connectivity index (χ2n) is 6.23. The van der Waals surface area contributed by atoms with Crippen molar-refractivity contribution in [3.8, 4) is 0 Å². The number of ether oxygens (including phenoxy) is 1. The van der Waals surface area contributed by atoms with Crippen LogP contribution in [0, 0.1) is 13.8 Å². The van der Waals surface area contributed by atoms with Crippen LogP contribution >= 0.6 is 11.6 Å². The fraction of sp³-hybridized carbons (Fsp3) is 0.368. The van der Waals surface area contributed by atoms with Crippen molar-refractivity contribution in [2.75, 3.05) is 6.61 Å². The van der Waals surface area contributed by atoms with Crippen LogP contribution in [-0.4, -0.2) is 23.1 Å². The third kappa shape index (κ3) is 4.86. The fourth-order valence-electron chi connectivity index (χ4n) is 2.84. The Morgan fingerprint density at radius 1 is 1.20 bits per heavy atom. The number of rotatable bonds is 6. The van der Waals surface area contributed by atoms with E-state index in [9.17, 15) is 9.59 Å². The number of carbonyl (C=O) groups is 2. The number of aromatic nitrogens is 1. The second kappa shape index (κ2) is 8.21. The van der Waals surface area contributed by atoms with Crippen LogP contribution in [0.4, 0.5) is 0 Å². The molecule has 0 saturated heterocycles. The highest BCUT2D eigenvalue weighted by atomic mass is 35.5. The lowest BCUT2D eigenvalue weighted by molar-refractivity contribution is -0.124. The Balaban J connectivity index is 1.88. The molecule has 0 aliphatic heterocycles. The minimum Gasteiger partial charge on any atom is -0.452 e. The maximum absolute atomic E-state index is 12.2. The Morgan fingerprint density at radius 2 is 1.84 bits per heavy atom. The van der Waals surface area contributed by atoms with E-state index in [1.807, 2.05) is 26.0 Å². The first kappa shape index (κ1) is 19.1. The van der Waals surface area contributed by atoms with E-state index in [-0.39, 0.29) is 18.6 Å². The smallest absolute Gasteiger partial charge is 0.340 e. The van der Waals surface area contributed by atoms with Crippen molar-refractivity contribution in [2.45, 2.75) is 40.3 Å². The van der Waals surface area contributed by atoms with Crippen molar-refractivity contribution in [3.05, 3.63) is 57.9 Å². The summed E-state index contributed by atoms with van der Waals surface area (Å²) < 4.78 is 7.21. The number of halogens is 1. The summed E-state index contributed by atoms with van der Waals surface area (Å²) in [6, 6.07) is 9.22. The molecule has 0 fully saturated rings. The zero-order valence-electron chi connectivity index (χ0n) is 14.9. The number of hydrogen-bond donors (Lipinski definition) is 1. The quantitative estimate of drug-likeness (QED) is 0.795. The largest absolute Gasteiger partial charge is 0.452 e. The van der Waals surface area contributed by atoms with Crippen LogP contribution in [0.25, 0.3) is 0 Å². The molecule has 25 heavy (non-hydrogen) atoms. The number of esters is 1. The van der Waals surface area contributed by atoms with Gasteiger partial charge in [-0.3, -0.25) is 4.79 Å². The van der Waals surface area contributed by atoms with Crippen molar-refractivity contribution in [3.63, 3.8) is 0 Å². The van der Waals surface area contributed by atoms with E-state index in [1.54, 1.807) is 18.2 Å². The highest BCUT2D eigenvalue weighted by Crippen LogP contribution is 2.20. The van der Waals surface area contributed by atoms with Gasteiger partial charge < -0.3 is 14.6 Å². The van der Waals surface area contributed by atoms with Crippen LogP contribution in [0.5, 0.6) is 0 Å². The van der Waals surface area contributed by atoms with Crippen LogP contribution in [-0.2, 0) is 16.1 Å². The molecule has 1 aromatic carbocycles. The molecule has 0 aliphatic carbocycles. The van der Waals surface area contributed by atoms with Crippen molar-refractivity contribution in [2.24, 2.45) is 0 Å². The zero-order chi connectivity index (χ0) is 18.6. The molecule has 0 saturated carbocycles. The predicted octanol–water partition coefficient (Wildman–Crippen LogP) is 3.81. The Morgan fingerprint density at radius 3 is 2.40 bits per heavy atom. The molecule has 1 amide bonds. The molecule has 0 atom stereocenters. The maximum atomic E-state index is 12.2. The molecule has 0 spiro atoms. The van der Waals surface area contributed by atoms with E-state index in [4.69, 9.17) is 16.3 Å². The van der Waals surface area contributed by atoms with E-state index in [1.165, 1.54) is 0 Å². The van der Waals surface area contributed by atoms with Crippen molar-refractivity contribution in [1.29, 1.82) is 0 Å². The molecule has 5 nitrogen and oxygen atoms in total. The van der Waals surface area contributed by atoms with E-state index >= 15 is 0 Å². The molecule has 6 heteroatoms. The molecule has 134 valence electrons. The predicted molar refractivity (Wildman–Crippen MR) is 97.9 cm³/mol. The standard InChI is InChI=1S/C19H23ClN2O3/c1-12(2)22-13(3)9-17(14(22)4)19(24)25-11-18(23)21-10-15-5-7-16(20)8-6-15/h5-9,12H,10-11H2,1-4H3,(H,21,23). The van der Waals surface area contributed by atoms with Crippen LogP contribution in [0.2, 0.25) is 5.02 Å². The minimum atomic E-state index is -0.485. The number of nitrogens with one attached hydrogen (secondary N) is 1. The molecular weight excluding hydrogens is 340 g/mol. The Labute approximate surface area is 152 Å². The Bertz CT molecular complexity index is 764. The zero-order valence-corrected chi connectivity index (χ0v) is 15.7. The number of amides is 1. The van der Waals surface area contributed by atoms with Gasteiger partial charge in [0.15, 0.2) is 6.61 Å².